The van der Waals surface area contributed by atoms with Crippen LogP contribution in [0.15, 0.2) is 0 Å². The van der Waals surface area contributed by atoms with Gasteiger partial charge in [0.1, 0.15) is 0 Å². The van der Waals surface area contributed by atoms with E-state index in [1.54, 1.807) is 0 Å². The molecule has 1 unspecified atom stereocenters. The van der Waals surface area contributed by atoms with E-state index in [2.05, 4.69) is 20.8 Å². The molecule has 0 aliphatic carbocycles. The Morgan fingerprint density at radius 2 is 1.88 bits per heavy atom. The molecule has 8 heavy (non-hydrogen) atoms. The molecular weight excluding hydrogens is 117 g/mol. The molecule has 2 heteroatoms. The van der Waals surface area contributed by atoms with E-state index in [1.807, 2.05) is 0 Å². The minimum Gasteiger partial charge on any atom is -0.330 e. The monoisotopic (exact) mass is 133 g/mol. The lowest BCUT2D eigenvalue weighted by Gasteiger charge is -2.16. The Balaban J connectivity index is 3.11. The summed E-state index contributed by atoms with van der Waals surface area (Å²) in [4.78, 5) is 0. The summed E-state index contributed by atoms with van der Waals surface area (Å²) < 4.78 is 0. The molecule has 1 atom stereocenters. The first-order valence-corrected chi connectivity index (χ1v) is 4.22. The molecule has 0 rings (SSSR count). The highest BCUT2D eigenvalue weighted by atomic mass is 31.1. The van der Waals surface area contributed by atoms with E-state index in [0.29, 0.717) is 5.16 Å². The molecule has 0 aromatic carbocycles. The largest absolute Gasteiger partial charge is 0.330 e. The van der Waals surface area contributed by atoms with Gasteiger partial charge in [0.25, 0.3) is 0 Å². The third-order valence-corrected chi connectivity index (χ3v) is 2.40. The van der Waals surface area contributed by atoms with Crippen molar-refractivity contribution in [2.75, 3.05) is 12.7 Å². The Hall–Kier alpha value is 0.390. The van der Waals surface area contributed by atoms with Crippen molar-refractivity contribution in [3.8, 4) is 0 Å². The Kier molecular flexibility index (Phi) is 3.59. The van der Waals surface area contributed by atoms with Gasteiger partial charge in [-0.2, -0.15) is 0 Å². The van der Waals surface area contributed by atoms with Crippen LogP contribution < -0.4 is 5.73 Å². The lowest BCUT2D eigenvalue weighted by atomic mass is 10.3. The second kappa shape index (κ2) is 3.42. The fourth-order valence-electron chi connectivity index (χ4n) is 0.447. The van der Waals surface area contributed by atoms with Gasteiger partial charge in [-0.05, 0) is 17.9 Å². The summed E-state index contributed by atoms with van der Waals surface area (Å²) in [5.74, 6) is 0. The highest BCUT2D eigenvalue weighted by Gasteiger charge is 2.07. The highest BCUT2D eigenvalue weighted by Crippen LogP contribution is 2.28. The van der Waals surface area contributed by atoms with Gasteiger partial charge in [0, 0.05) is 0 Å². The molecule has 0 aliphatic rings. The van der Waals surface area contributed by atoms with Gasteiger partial charge in [-0.15, -0.1) is 8.58 Å². The molecule has 0 amide bonds. The van der Waals surface area contributed by atoms with Gasteiger partial charge in [0.15, 0.2) is 0 Å². The smallest absolute Gasteiger partial charge is 0.00400 e. The predicted octanol–water partition coefficient (Wildman–Crippen LogP) is 1.42. The van der Waals surface area contributed by atoms with Gasteiger partial charge in [-0.3, -0.25) is 0 Å². The second-order valence-corrected chi connectivity index (χ2v) is 5.32. The summed E-state index contributed by atoms with van der Waals surface area (Å²) in [7, 11) is 1.02. The summed E-state index contributed by atoms with van der Waals surface area (Å²) in [5, 5.41) is 0.499. The minimum absolute atomic E-state index is 0.499. The fraction of sp³-hybridized carbons (Fsp3) is 1.00. The minimum atomic E-state index is 0.499. The van der Waals surface area contributed by atoms with Crippen LogP contribution in [0.5, 0.6) is 0 Å². The first kappa shape index (κ1) is 8.39. The SMILES string of the molecule is CC(C)(C)PCCN. The van der Waals surface area contributed by atoms with E-state index in [4.69, 9.17) is 5.73 Å². The van der Waals surface area contributed by atoms with E-state index in [9.17, 15) is 0 Å². The predicted molar refractivity (Wildman–Crippen MR) is 42.0 cm³/mol. The van der Waals surface area contributed by atoms with Gasteiger partial charge < -0.3 is 5.73 Å². The zero-order chi connectivity index (χ0) is 6.62. The van der Waals surface area contributed by atoms with Crippen molar-refractivity contribution in [1.82, 2.24) is 0 Å². The van der Waals surface area contributed by atoms with Crippen LogP contribution in [0.3, 0.4) is 0 Å². The normalized spacial score (nSPS) is 13.5. The quantitative estimate of drug-likeness (QED) is 0.566. The molecule has 0 radical (unpaired) electrons. The number of hydrogen-bond acceptors (Lipinski definition) is 1. The van der Waals surface area contributed by atoms with Crippen LogP contribution in [0, 0.1) is 0 Å². The molecule has 0 saturated carbocycles. The van der Waals surface area contributed by atoms with Crippen LogP contribution in [-0.4, -0.2) is 17.9 Å². The van der Waals surface area contributed by atoms with Gasteiger partial charge in [-0.25, -0.2) is 0 Å². The van der Waals surface area contributed by atoms with Crippen LogP contribution in [0.2, 0.25) is 0 Å². The molecule has 1 nitrogen and oxygen atoms in total. The number of rotatable bonds is 2. The lowest BCUT2D eigenvalue weighted by Crippen LogP contribution is -2.10. The third-order valence-electron chi connectivity index (χ3n) is 0.800. The summed E-state index contributed by atoms with van der Waals surface area (Å²) in [6.07, 6.45) is 1.18. The van der Waals surface area contributed by atoms with Crippen LogP contribution >= 0.6 is 8.58 Å². The molecule has 0 saturated heterocycles. The molecule has 50 valence electrons. The Bertz CT molecular complexity index is 56.0. The molecule has 2 N–H and O–H groups in total. The first-order chi connectivity index (χ1) is 3.56. The van der Waals surface area contributed by atoms with Gasteiger partial charge in [-0.1, -0.05) is 20.8 Å². The van der Waals surface area contributed by atoms with Crippen molar-refractivity contribution >= 4 is 8.58 Å². The van der Waals surface area contributed by atoms with Crippen molar-refractivity contribution in [1.29, 1.82) is 0 Å². The molecule has 0 fully saturated rings. The maximum atomic E-state index is 5.34. The zero-order valence-electron chi connectivity index (χ0n) is 5.99. The van der Waals surface area contributed by atoms with Crippen LogP contribution in [0.4, 0.5) is 0 Å². The van der Waals surface area contributed by atoms with E-state index >= 15 is 0 Å². The maximum absolute atomic E-state index is 5.34. The van der Waals surface area contributed by atoms with Crippen molar-refractivity contribution in [2.45, 2.75) is 25.9 Å². The maximum Gasteiger partial charge on any atom is -0.00400 e. The Morgan fingerprint density at radius 3 is 2.00 bits per heavy atom. The molecule has 0 aromatic heterocycles. The molecule has 0 aromatic rings. The van der Waals surface area contributed by atoms with E-state index < -0.39 is 0 Å². The molecular formula is C6H16NP. The summed E-state index contributed by atoms with van der Waals surface area (Å²) in [6, 6.07) is 0. The van der Waals surface area contributed by atoms with Crippen molar-refractivity contribution in [3.05, 3.63) is 0 Å². The van der Waals surface area contributed by atoms with Gasteiger partial charge in [0.2, 0.25) is 0 Å². The fourth-order valence-corrected chi connectivity index (χ4v) is 1.34. The van der Waals surface area contributed by atoms with Crippen molar-refractivity contribution in [2.24, 2.45) is 5.73 Å². The van der Waals surface area contributed by atoms with Crippen LogP contribution in [0.25, 0.3) is 0 Å². The Morgan fingerprint density at radius 1 is 1.38 bits per heavy atom. The van der Waals surface area contributed by atoms with Crippen molar-refractivity contribution < 1.29 is 0 Å². The highest BCUT2D eigenvalue weighted by molar-refractivity contribution is 7.39. The van der Waals surface area contributed by atoms with Gasteiger partial charge >= 0.3 is 0 Å². The first-order valence-electron chi connectivity index (χ1n) is 3.01. The topological polar surface area (TPSA) is 26.0 Å². The van der Waals surface area contributed by atoms with Crippen LogP contribution in [-0.2, 0) is 0 Å². The second-order valence-electron chi connectivity index (χ2n) is 2.97. The molecule has 0 spiro atoms. The lowest BCUT2D eigenvalue weighted by molar-refractivity contribution is 0.791. The number of nitrogens with two attached hydrogens (primary N) is 1. The summed E-state index contributed by atoms with van der Waals surface area (Å²) in [6.45, 7) is 7.60. The standard InChI is InChI=1S/C6H16NP/c1-6(2,3)8-5-4-7/h8H,4-5,7H2,1-3H3. The summed E-state index contributed by atoms with van der Waals surface area (Å²) >= 11 is 0. The molecule has 0 bridgehead atoms. The zero-order valence-corrected chi connectivity index (χ0v) is 6.99. The number of hydrogen-bond donors (Lipinski definition) is 1. The van der Waals surface area contributed by atoms with Gasteiger partial charge in [0.05, 0.1) is 0 Å². The Labute approximate surface area is 53.8 Å². The average molecular weight is 133 g/mol. The average Bonchev–Trinajstić information content (AvgIpc) is 1.59. The molecule has 0 heterocycles. The van der Waals surface area contributed by atoms with Crippen molar-refractivity contribution in [3.63, 3.8) is 0 Å². The molecule has 0 aliphatic heterocycles. The van der Waals surface area contributed by atoms with E-state index in [0.717, 1.165) is 15.1 Å². The summed E-state index contributed by atoms with van der Waals surface area (Å²) in [5.41, 5.74) is 5.34. The third kappa shape index (κ3) is 6.39. The van der Waals surface area contributed by atoms with Crippen LogP contribution in [0.1, 0.15) is 20.8 Å². The van der Waals surface area contributed by atoms with E-state index in [1.165, 1.54) is 6.16 Å². The van der Waals surface area contributed by atoms with E-state index in [-0.39, 0.29) is 0 Å².